The number of benzene rings is 1. The van der Waals surface area contributed by atoms with Gasteiger partial charge in [-0.25, -0.2) is 4.39 Å². The highest BCUT2D eigenvalue weighted by Gasteiger charge is 2.09. The number of hydrogen-bond acceptors (Lipinski definition) is 2. The van der Waals surface area contributed by atoms with E-state index in [0.717, 1.165) is 17.7 Å². The number of halogens is 2. The third-order valence-corrected chi connectivity index (χ3v) is 3.43. The van der Waals surface area contributed by atoms with Gasteiger partial charge in [0.2, 0.25) is 0 Å². The first kappa shape index (κ1) is 14.7. The quantitative estimate of drug-likeness (QED) is 0.839. The van der Waals surface area contributed by atoms with E-state index in [1.807, 2.05) is 12.1 Å². The molecule has 0 saturated heterocycles. The molecule has 2 aromatic rings. The second kappa shape index (κ2) is 6.62. The molecule has 1 heterocycles. The summed E-state index contributed by atoms with van der Waals surface area (Å²) in [5, 5.41) is 0.285. The number of Topliss-reactive ketones (excluding diaryl/α,β-unsaturated/α-hetero) is 1. The first-order valence-electron chi connectivity index (χ1n) is 6.48. The molecule has 0 N–H and O–H groups in total. The molecule has 0 bridgehead atoms. The first-order valence-corrected chi connectivity index (χ1v) is 6.85. The van der Waals surface area contributed by atoms with E-state index in [1.165, 1.54) is 12.1 Å². The van der Waals surface area contributed by atoms with Crippen molar-refractivity contribution in [2.24, 2.45) is 0 Å². The molecule has 1 aromatic carbocycles. The molecule has 0 aliphatic rings. The normalized spacial score (nSPS) is 10.6. The Morgan fingerprint density at radius 2 is 2.05 bits per heavy atom. The van der Waals surface area contributed by atoms with Crippen LogP contribution in [0.5, 0.6) is 0 Å². The molecule has 0 spiro atoms. The number of pyridine rings is 1. The average Bonchev–Trinajstić information content (AvgIpc) is 2.43. The lowest BCUT2D eigenvalue weighted by atomic mass is 10.0. The van der Waals surface area contributed by atoms with E-state index in [1.54, 1.807) is 12.3 Å². The highest BCUT2D eigenvalue weighted by molar-refractivity contribution is 6.31. The van der Waals surface area contributed by atoms with Crippen LogP contribution < -0.4 is 0 Å². The lowest BCUT2D eigenvalue weighted by Gasteiger charge is -2.04. The zero-order valence-corrected chi connectivity index (χ0v) is 12.0. The molecule has 0 radical (unpaired) electrons. The van der Waals surface area contributed by atoms with Crippen LogP contribution in [0.25, 0.3) is 0 Å². The summed E-state index contributed by atoms with van der Waals surface area (Å²) in [7, 11) is 0. The topological polar surface area (TPSA) is 30.0 Å². The molecule has 0 unspecified atom stereocenters. The smallest absolute Gasteiger partial charge is 0.143 e. The Morgan fingerprint density at radius 3 is 2.65 bits per heavy atom. The fraction of sp³-hybridized carbons (Fsp3) is 0.250. The Labute approximate surface area is 122 Å². The number of hydrogen-bond donors (Lipinski definition) is 0. The van der Waals surface area contributed by atoms with Crippen LogP contribution in [0.2, 0.25) is 5.02 Å². The summed E-state index contributed by atoms with van der Waals surface area (Å²) in [6, 6.07) is 7.91. The van der Waals surface area contributed by atoms with Crippen molar-refractivity contribution in [3.8, 4) is 0 Å². The second-order valence-corrected chi connectivity index (χ2v) is 5.05. The van der Waals surface area contributed by atoms with Crippen molar-refractivity contribution in [2.45, 2.75) is 26.2 Å². The molecule has 0 fully saturated rings. The maximum Gasteiger partial charge on any atom is 0.143 e. The number of aryl methyl sites for hydroxylation is 1. The van der Waals surface area contributed by atoms with Gasteiger partial charge in [0.25, 0.3) is 0 Å². The summed E-state index contributed by atoms with van der Waals surface area (Å²) < 4.78 is 12.9. The van der Waals surface area contributed by atoms with Gasteiger partial charge in [-0.3, -0.25) is 9.78 Å². The van der Waals surface area contributed by atoms with Gasteiger partial charge in [-0.2, -0.15) is 0 Å². The van der Waals surface area contributed by atoms with Crippen LogP contribution in [0.15, 0.2) is 36.5 Å². The van der Waals surface area contributed by atoms with Crippen molar-refractivity contribution in [3.05, 3.63) is 64.2 Å². The van der Waals surface area contributed by atoms with Crippen LogP contribution in [-0.4, -0.2) is 10.8 Å². The minimum absolute atomic E-state index is 0.00950. The Kier molecular flexibility index (Phi) is 4.85. The van der Waals surface area contributed by atoms with E-state index in [9.17, 15) is 9.18 Å². The van der Waals surface area contributed by atoms with Gasteiger partial charge in [0.1, 0.15) is 11.6 Å². The van der Waals surface area contributed by atoms with E-state index in [0.29, 0.717) is 5.56 Å². The third kappa shape index (κ3) is 3.87. The summed E-state index contributed by atoms with van der Waals surface area (Å²) in [6.45, 7) is 2.05. The van der Waals surface area contributed by atoms with Gasteiger partial charge in [-0.15, -0.1) is 0 Å². The fourth-order valence-electron chi connectivity index (χ4n) is 1.91. The van der Waals surface area contributed by atoms with E-state index >= 15 is 0 Å². The number of carbonyl (C=O) groups excluding carboxylic acids is 1. The summed E-state index contributed by atoms with van der Waals surface area (Å²) in [5.41, 5.74) is 2.52. The van der Waals surface area contributed by atoms with Crippen molar-refractivity contribution in [3.63, 3.8) is 0 Å². The van der Waals surface area contributed by atoms with E-state index in [4.69, 9.17) is 11.6 Å². The van der Waals surface area contributed by atoms with Crippen molar-refractivity contribution in [2.75, 3.05) is 0 Å². The SMILES string of the molecule is CCc1ccc(CC(=O)Cc2ccc(F)cc2Cl)nc1. The largest absolute Gasteiger partial charge is 0.299 e. The van der Waals surface area contributed by atoms with Crippen molar-refractivity contribution in [1.82, 2.24) is 4.98 Å². The predicted octanol–water partition coefficient (Wildman–Crippen LogP) is 3.79. The van der Waals surface area contributed by atoms with Gasteiger partial charge in [0.05, 0.1) is 0 Å². The van der Waals surface area contributed by atoms with Crippen LogP contribution >= 0.6 is 11.6 Å². The summed E-state index contributed by atoms with van der Waals surface area (Å²) in [6.07, 6.45) is 3.16. The molecule has 0 atom stereocenters. The highest BCUT2D eigenvalue weighted by atomic mass is 35.5. The second-order valence-electron chi connectivity index (χ2n) is 4.64. The van der Waals surface area contributed by atoms with E-state index in [2.05, 4.69) is 11.9 Å². The van der Waals surface area contributed by atoms with Gasteiger partial charge in [0.15, 0.2) is 0 Å². The molecule has 0 aliphatic carbocycles. The van der Waals surface area contributed by atoms with Gasteiger partial charge >= 0.3 is 0 Å². The number of aromatic nitrogens is 1. The molecule has 0 saturated carbocycles. The minimum Gasteiger partial charge on any atom is -0.299 e. The standard InChI is InChI=1S/C16H15ClFNO/c1-2-11-3-6-14(19-10-11)9-15(20)7-12-4-5-13(18)8-16(12)17/h3-6,8,10H,2,7,9H2,1H3. The number of ketones is 1. The maximum atomic E-state index is 12.9. The minimum atomic E-state index is -0.400. The number of nitrogens with zero attached hydrogens (tertiary/aromatic N) is 1. The lowest BCUT2D eigenvalue weighted by molar-refractivity contribution is -0.117. The third-order valence-electron chi connectivity index (χ3n) is 3.08. The van der Waals surface area contributed by atoms with Crippen LogP contribution in [-0.2, 0) is 24.1 Å². The van der Waals surface area contributed by atoms with Crippen molar-refractivity contribution in [1.29, 1.82) is 0 Å². The zero-order valence-electron chi connectivity index (χ0n) is 11.2. The lowest BCUT2D eigenvalue weighted by Crippen LogP contribution is -2.08. The molecule has 20 heavy (non-hydrogen) atoms. The zero-order chi connectivity index (χ0) is 14.5. The van der Waals surface area contributed by atoms with Crippen molar-refractivity contribution < 1.29 is 9.18 Å². The van der Waals surface area contributed by atoms with Gasteiger partial charge in [-0.05, 0) is 35.7 Å². The number of carbonyl (C=O) groups is 1. The Hall–Kier alpha value is -1.74. The van der Waals surface area contributed by atoms with Crippen LogP contribution in [0.1, 0.15) is 23.7 Å². The van der Waals surface area contributed by atoms with Gasteiger partial charge < -0.3 is 0 Å². The molecular weight excluding hydrogens is 277 g/mol. The first-order chi connectivity index (χ1) is 9.58. The maximum absolute atomic E-state index is 12.9. The predicted molar refractivity (Wildman–Crippen MR) is 77.4 cm³/mol. The van der Waals surface area contributed by atoms with Crippen LogP contribution in [0, 0.1) is 5.82 Å². The average molecular weight is 292 g/mol. The summed E-state index contributed by atoms with van der Waals surface area (Å²) >= 11 is 5.91. The van der Waals surface area contributed by atoms with Gasteiger partial charge in [-0.1, -0.05) is 30.7 Å². The summed E-state index contributed by atoms with van der Waals surface area (Å²) in [5.74, 6) is -0.390. The fourth-order valence-corrected chi connectivity index (χ4v) is 2.14. The molecular formula is C16H15ClFNO. The van der Waals surface area contributed by atoms with E-state index in [-0.39, 0.29) is 23.6 Å². The molecule has 0 aliphatic heterocycles. The molecule has 2 rings (SSSR count). The molecule has 4 heteroatoms. The van der Waals surface area contributed by atoms with E-state index < -0.39 is 5.82 Å². The molecule has 2 nitrogen and oxygen atoms in total. The van der Waals surface area contributed by atoms with Crippen molar-refractivity contribution >= 4 is 17.4 Å². The monoisotopic (exact) mass is 291 g/mol. The highest BCUT2D eigenvalue weighted by Crippen LogP contribution is 2.18. The Bertz CT molecular complexity index is 610. The molecule has 104 valence electrons. The molecule has 0 amide bonds. The Balaban J connectivity index is 2.01. The summed E-state index contributed by atoms with van der Waals surface area (Å²) in [4.78, 5) is 16.2. The Morgan fingerprint density at radius 1 is 1.25 bits per heavy atom. The number of rotatable bonds is 5. The van der Waals surface area contributed by atoms with Gasteiger partial charge in [0, 0.05) is 29.8 Å². The molecule has 1 aromatic heterocycles. The van der Waals surface area contributed by atoms with Crippen LogP contribution in [0.3, 0.4) is 0 Å². The van der Waals surface area contributed by atoms with Crippen LogP contribution in [0.4, 0.5) is 4.39 Å².